The average molecular weight is 257 g/mol. The Balaban J connectivity index is 2.06. The molecule has 0 amide bonds. The summed E-state index contributed by atoms with van der Waals surface area (Å²) < 4.78 is 0. The van der Waals surface area contributed by atoms with Gasteiger partial charge < -0.3 is 0 Å². The fourth-order valence-corrected chi connectivity index (χ4v) is 7.14. The maximum absolute atomic E-state index is 8.86. The zero-order valence-corrected chi connectivity index (χ0v) is 12.6. The van der Waals surface area contributed by atoms with Crippen molar-refractivity contribution in [3.8, 4) is 6.07 Å². The summed E-state index contributed by atoms with van der Waals surface area (Å²) in [5, 5.41) is 10.4. The number of nitriles is 1. The van der Waals surface area contributed by atoms with Crippen LogP contribution in [-0.2, 0) is 0 Å². The zero-order valence-electron chi connectivity index (χ0n) is 11.6. The van der Waals surface area contributed by atoms with E-state index in [0.29, 0.717) is 0 Å². The highest BCUT2D eigenvalue weighted by molar-refractivity contribution is 6.91. The van der Waals surface area contributed by atoms with Gasteiger partial charge in [-0.3, -0.25) is 0 Å². The van der Waals surface area contributed by atoms with E-state index < -0.39 is 8.07 Å². The van der Waals surface area contributed by atoms with Gasteiger partial charge in [0.25, 0.3) is 0 Å². The lowest BCUT2D eigenvalue weighted by molar-refractivity contribution is 0.431. The molecule has 0 unspecified atom stereocenters. The molecule has 1 saturated heterocycles. The van der Waals surface area contributed by atoms with Crippen LogP contribution in [0.15, 0.2) is 24.3 Å². The largest absolute Gasteiger partial charge is 0.192 e. The molecule has 0 N–H and O–H groups in total. The van der Waals surface area contributed by atoms with Crippen molar-refractivity contribution in [2.24, 2.45) is 5.92 Å². The van der Waals surface area contributed by atoms with E-state index in [4.69, 9.17) is 5.26 Å². The van der Waals surface area contributed by atoms with Crippen molar-refractivity contribution in [1.82, 2.24) is 0 Å². The molecular formula is C16H23NSi. The smallest absolute Gasteiger partial charge is 0.0991 e. The summed E-state index contributed by atoms with van der Waals surface area (Å²) in [6.07, 6.45) is 5.60. The first kappa shape index (κ1) is 13.4. The number of benzene rings is 1. The van der Waals surface area contributed by atoms with E-state index in [1.165, 1.54) is 37.8 Å². The molecule has 0 atom stereocenters. The van der Waals surface area contributed by atoms with E-state index >= 15 is 0 Å². The first-order valence-corrected chi connectivity index (χ1v) is 10.1. The normalized spacial score (nSPS) is 27.7. The lowest BCUT2D eigenvalue weighted by atomic mass is 9.97. The molecule has 1 aromatic carbocycles. The molecule has 18 heavy (non-hydrogen) atoms. The minimum Gasteiger partial charge on any atom is -0.192 e. The van der Waals surface area contributed by atoms with Crippen LogP contribution in [0.5, 0.6) is 0 Å². The quantitative estimate of drug-likeness (QED) is 0.749. The third-order valence-corrected chi connectivity index (χ3v) is 9.13. The maximum Gasteiger partial charge on any atom is 0.0991 e. The summed E-state index contributed by atoms with van der Waals surface area (Å²) in [6, 6.07) is 13.5. The summed E-state index contributed by atoms with van der Waals surface area (Å²) in [6.45, 7) is 4.82. The third kappa shape index (κ3) is 2.84. The molecule has 0 bridgehead atoms. The van der Waals surface area contributed by atoms with Crippen LogP contribution in [-0.4, -0.2) is 8.07 Å². The standard InChI is InChI=1S/C16H23NSi/c1-3-4-14-9-11-18(2,12-10-14)16-7-5-15(13-17)6-8-16/h5-8,14H,3-4,9-12H2,1-2H3/t14-,18-. The van der Waals surface area contributed by atoms with Crippen LogP contribution in [0.3, 0.4) is 0 Å². The fourth-order valence-electron chi connectivity index (χ4n) is 3.25. The van der Waals surface area contributed by atoms with E-state index in [1.807, 2.05) is 12.1 Å². The van der Waals surface area contributed by atoms with Crippen LogP contribution in [0, 0.1) is 17.2 Å². The van der Waals surface area contributed by atoms with Crippen LogP contribution in [0.25, 0.3) is 0 Å². The van der Waals surface area contributed by atoms with Gasteiger partial charge in [-0.05, 0) is 18.1 Å². The SMILES string of the molecule is CCC[C@H]1CC[Si@](C)(c2ccc(C#N)cc2)CC1. The predicted molar refractivity (Wildman–Crippen MR) is 79.7 cm³/mol. The van der Waals surface area contributed by atoms with E-state index in [1.54, 1.807) is 5.19 Å². The highest BCUT2D eigenvalue weighted by Gasteiger charge is 2.34. The minimum absolute atomic E-state index is 0.788. The Morgan fingerprint density at radius 1 is 1.22 bits per heavy atom. The Labute approximate surface area is 112 Å². The molecule has 1 nitrogen and oxygen atoms in total. The van der Waals surface area contributed by atoms with Gasteiger partial charge >= 0.3 is 0 Å². The Bertz CT molecular complexity index is 421. The second-order valence-corrected chi connectivity index (χ2v) is 10.7. The number of hydrogen-bond donors (Lipinski definition) is 0. The Morgan fingerprint density at radius 3 is 2.33 bits per heavy atom. The van der Waals surface area contributed by atoms with Crippen LogP contribution in [0.1, 0.15) is 38.2 Å². The molecule has 0 radical (unpaired) electrons. The van der Waals surface area contributed by atoms with Crippen molar-refractivity contribution in [1.29, 1.82) is 5.26 Å². The Kier molecular flexibility index (Phi) is 4.24. The van der Waals surface area contributed by atoms with Crippen molar-refractivity contribution in [3.63, 3.8) is 0 Å². The van der Waals surface area contributed by atoms with Gasteiger partial charge in [-0.15, -0.1) is 0 Å². The molecule has 0 aliphatic carbocycles. The van der Waals surface area contributed by atoms with Crippen LogP contribution in [0.4, 0.5) is 0 Å². The van der Waals surface area contributed by atoms with Crippen molar-refractivity contribution >= 4 is 13.3 Å². The van der Waals surface area contributed by atoms with Gasteiger partial charge in [-0.1, -0.05) is 68.6 Å². The third-order valence-electron chi connectivity index (χ3n) is 4.62. The molecule has 1 fully saturated rings. The van der Waals surface area contributed by atoms with Crippen LogP contribution in [0.2, 0.25) is 18.6 Å². The molecular weight excluding hydrogens is 234 g/mol. The average Bonchev–Trinajstić information content (AvgIpc) is 2.42. The highest BCUT2D eigenvalue weighted by Crippen LogP contribution is 2.34. The first-order valence-electron chi connectivity index (χ1n) is 7.18. The number of nitrogens with zero attached hydrogens (tertiary/aromatic N) is 1. The molecule has 1 aliphatic heterocycles. The van der Waals surface area contributed by atoms with E-state index in [9.17, 15) is 0 Å². The molecule has 0 aromatic heterocycles. The van der Waals surface area contributed by atoms with Crippen molar-refractivity contribution < 1.29 is 0 Å². The minimum atomic E-state index is -1.23. The molecule has 2 heteroatoms. The van der Waals surface area contributed by atoms with Gasteiger partial charge in [0.1, 0.15) is 0 Å². The van der Waals surface area contributed by atoms with Gasteiger partial charge in [0.05, 0.1) is 19.7 Å². The maximum atomic E-state index is 8.86. The molecule has 2 rings (SSSR count). The Hall–Kier alpha value is -1.07. The van der Waals surface area contributed by atoms with Crippen molar-refractivity contribution in [2.75, 3.05) is 0 Å². The molecule has 0 spiro atoms. The lowest BCUT2D eigenvalue weighted by Crippen LogP contribution is -2.47. The summed E-state index contributed by atoms with van der Waals surface area (Å²) in [5.41, 5.74) is 0.788. The van der Waals surface area contributed by atoms with E-state index in [0.717, 1.165) is 11.5 Å². The van der Waals surface area contributed by atoms with Crippen molar-refractivity contribution in [3.05, 3.63) is 29.8 Å². The molecule has 1 aromatic rings. The van der Waals surface area contributed by atoms with Crippen molar-refractivity contribution in [2.45, 2.75) is 51.2 Å². The van der Waals surface area contributed by atoms with Gasteiger partial charge in [-0.25, -0.2) is 0 Å². The van der Waals surface area contributed by atoms with E-state index in [-0.39, 0.29) is 0 Å². The summed E-state index contributed by atoms with van der Waals surface area (Å²) >= 11 is 0. The second kappa shape index (κ2) is 5.71. The van der Waals surface area contributed by atoms with Gasteiger partial charge in [0.15, 0.2) is 0 Å². The van der Waals surface area contributed by atoms with Crippen LogP contribution >= 0.6 is 0 Å². The zero-order chi connectivity index (χ0) is 13.0. The summed E-state index contributed by atoms with van der Waals surface area (Å²) in [5.74, 6) is 0.981. The second-order valence-electron chi connectivity index (χ2n) is 5.98. The predicted octanol–water partition coefficient (Wildman–Crippen LogP) is 4.05. The summed E-state index contributed by atoms with van der Waals surface area (Å²) in [7, 11) is -1.23. The highest BCUT2D eigenvalue weighted by atomic mass is 28.3. The van der Waals surface area contributed by atoms with Gasteiger partial charge in [-0.2, -0.15) is 5.26 Å². The fraction of sp³-hybridized carbons (Fsp3) is 0.562. The topological polar surface area (TPSA) is 23.8 Å². The Morgan fingerprint density at radius 2 is 1.83 bits per heavy atom. The first-order chi connectivity index (χ1) is 8.68. The van der Waals surface area contributed by atoms with Crippen LogP contribution < -0.4 is 5.19 Å². The molecule has 96 valence electrons. The number of hydrogen-bond acceptors (Lipinski definition) is 1. The lowest BCUT2D eigenvalue weighted by Gasteiger charge is -2.36. The monoisotopic (exact) mass is 257 g/mol. The molecule has 0 saturated carbocycles. The van der Waals surface area contributed by atoms with Gasteiger partial charge in [0.2, 0.25) is 0 Å². The summed E-state index contributed by atoms with van der Waals surface area (Å²) in [4.78, 5) is 0. The molecule has 1 aliphatic rings. The van der Waals surface area contributed by atoms with E-state index in [2.05, 4.69) is 31.7 Å². The number of rotatable bonds is 3. The molecule has 1 heterocycles. The van der Waals surface area contributed by atoms with Gasteiger partial charge in [0, 0.05) is 0 Å².